The normalized spacial score (nSPS) is 11.1. The largest absolute Gasteiger partial charge is 0.497 e. The molecule has 0 fully saturated rings. The molecule has 1 aromatic carbocycles. The summed E-state index contributed by atoms with van der Waals surface area (Å²) < 4.78 is 12.5. The first-order valence-electron chi connectivity index (χ1n) is 7.84. The van der Waals surface area contributed by atoms with E-state index in [9.17, 15) is 0 Å². The van der Waals surface area contributed by atoms with E-state index < -0.39 is 0 Å². The summed E-state index contributed by atoms with van der Waals surface area (Å²) in [5.74, 6) is 3.82. The second-order valence-corrected chi connectivity index (χ2v) is 5.74. The highest BCUT2D eigenvalue weighted by atomic mass is 16.5. The zero-order valence-electron chi connectivity index (χ0n) is 13.9. The van der Waals surface area contributed by atoms with Crippen molar-refractivity contribution >= 4 is 11.5 Å². The number of aryl methyl sites for hydroxylation is 1. The maximum Gasteiger partial charge on any atom is 0.200 e. The number of methoxy groups -OCH3 is 1. The standard InChI is InChI=1S/C18H17N5O2/c1-11-3-8-14(25-11)18-20-15(19)10-17-21-16(22-23(17)18)9-12-4-6-13(24-2)7-5-12/h3-8,10H,9,19H2,1-2H3. The van der Waals surface area contributed by atoms with Gasteiger partial charge in [0, 0.05) is 12.5 Å². The number of nitrogens with zero attached hydrogens (tertiary/aromatic N) is 4. The molecule has 0 atom stereocenters. The Hall–Kier alpha value is -3.35. The quantitative estimate of drug-likeness (QED) is 0.616. The maximum absolute atomic E-state index is 5.91. The van der Waals surface area contributed by atoms with Crippen LogP contribution in [0.3, 0.4) is 0 Å². The number of furan rings is 1. The van der Waals surface area contributed by atoms with Crippen molar-refractivity contribution in [2.45, 2.75) is 13.3 Å². The predicted molar refractivity (Wildman–Crippen MR) is 93.4 cm³/mol. The lowest BCUT2D eigenvalue weighted by atomic mass is 10.1. The Morgan fingerprint density at radius 3 is 2.60 bits per heavy atom. The van der Waals surface area contributed by atoms with Gasteiger partial charge in [-0.15, -0.1) is 5.10 Å². The molecule has 0 saturated heterocycles. The van der Waals surface area contributed by atoms with E-state index in [0.29, 0.717) is 35.3 Å². The molecule has 0 unspecified atom stereocenters. The van der Waals surface area contributed by atoms with Crippen molar-refractivity contribution in [2.75, 3.05) is 12.8 Å². The Morgan fingerprint density at radius 1 is 1.12 bits per heavy atom. The third-order valence-corrected chi connectivity index (χ3v) is 3.87. The Balaban J connectivity index is 1.74. The van der Waals surface area contributed by atoms with E-state index in [1.54, 1.807) is 17.7 Å². The van der Waals surface area contributed by atoms with Gasteiger partial charge in [0.1, 0.15) is 17.3 Å². The second-order valence-electron chi connectivity index (χ2n) is 5.74. The molecule has 0 aliphatic carbocycles. The van der Waals surface area contributed by atoms with E-state index in [0.717, 1.165) is 17.1 Å². The summed E-state index contributed by atoms with van der Waals surface area (Å²) in [5, 5.41) is 4.57. The number of rotatable bonds is 4. The molecule has 0 aliphatic rings. The summed E-state index contributed by atoms with van der Waals surface area (Å²) in [6.07, 6.45) is 0.599. The average molecular weight is 335 g/mol. The molecule has 0 spiro atoms. The summed E-state index contributed by atoms with van der Waals surface area (Å²) in [5.41, 5.74) is 7.64. The zero-order valence-corrected chi connectivity index (χ0v) is 13.9. The minimum atomic E-state index is 0.375. The molecule has 4 aromatic rings. The van der Waals surface area contributed by atoms with Crippen molar-refractivity contribution in [3.05, 3.63) is 59.6 Å². The number of anilines is 1. The van der Waals surface area contributed by atoms with E-state index >= 15 is 0 Å². The molecule has 0 bridgehead atoms. The number of nitrogen functional groups attached to an aromatic ring is 1. The van der Waals surface area contributed by atoms with Crippen LogP contribution in [0.5, 0.6) is 5.75 Å². The van der Waals surface area contributed by atoms with Crippen LogP contribution in [-0.2, 0) is 6.42 Å². The molecule has 4 rings (SSSR count). The van der Waals surface area contributed by atoms with Crippen LogP contribution in [0.1, 0.15) is 17.1 Å². The summed E-state index contributed by atoms with van der Waals surface area (Å²) >= 11 is 0. The van der Waals surface area contributed by atoms with E-state index in [4.69, 9.17) is 14.9 Å². The first-order valence-corrected chi connectivity index (χ1v) is 7.84. The third kappa shape index (κ3) is 2.91. The van der Waals surface area contributed by atoms with Crippen LogP contribution in [0.2, 0.25) is 0 Å². The molecular formula is C18H17N5O2. The third-order valence-electron chi connectivity index (χ3n) is 3.87. The fourth-order valence-corrected chi connectivity index (χ4v) is 2.67. The number of hydrogen-bond donors (Lipinski definition) is 1. The molecule has 7 heteroatoms. The summed E-state index contributed by atoms with van der Waals surface area (Å²) in [4.78, 5) is 8.92. The predicted octanol–water partition coefficient (Wildman–Crippen LogP) is 2.87. The molecule has 25 heavy (non-hydrogen) atoms. The van der Waals surface area contributed by atoms with Crippen LogP contribution >= 0.6 is 0 Å². The molecule has 0 amide bonds. The van der Waals surface area contributed by atoms with Crippen LogP contribution in [0.25, 0.3) is 17.2 Å². The number of benzene rings is 1. The van der Waals surface area contributed by atoms with Gasteiger partial charge in [0.25, 0.3) is 0 Å². The fourth-order valence-electron chi connectivity index (χ4n) is 2.67. The molecule has 2 N–H and O–H groups in total. The Morgan fingerprint density at radius 2 is 1.92 bits per heavy atom. The Bertz CT molecular complexity index is 1030. The number of nitrogens with two attached hydrogens (primary N) is 1. The van der Waals surface area contributed by atoms with Crippen molar-refractivity contribution in [2.24, 2.45) is 0 Å². The lowest BCUT2D eigenvalue weighted by molar-refractivity contribution is 0.414. The number of aromatic nitrogens is 4. The Kier molecular flexibility index (Phi) is 3.61. The van der Waals surface area contributed by atoms with Gasteiger partial charge in [0.15, 0.2) is 17.2 Å². The van der Waals surface area contributed by atoms with Crippen LogP contribution in [0, 0.1) is 6.92 Å². The van der Waals surface area contributed by atoms with Crippen molar-refractivity contribution < 1.29 is 9.15 Å². The van der Waals surface area contributed by atoms with Gasteiger partial charge in [-0.25, -0.2) is 9.97 Å². The number of hydrogen-bond acceptors (Lipinski definition) is 6. The van der Waals surface area contributed by atoms with Crippen LogP contribution in [0.4, 0.5) is 5.82 Å². The van der Waals surface area contributed by atoms with E-state index in [1.165, 1.54) is 0 Å². The van der Waals surface area contributed by atoms with Crippen LogP contribution in [-0.4, -0.2) is 26.7 Å². The first-order chi connectivity index (χ1) is 12.1. The van der Waals surface area contributed by atoms with Gasteiger partial charge in [0.2, 0.25) is 5.82 Å². The number of fused-ring (bicyclic) bond motifs is 1. The summed E-state index contributed by atoms with van der Waals surface area (Å²) in [6, 6.07) is 13.2. The maximum atomic E-state index is 5.91. The van der Waals surface area contributed by atoms with Gasteiger partial charge < -0.3 is 14.9 Å². The lowest BCUT2D eigenvalue weighted by Gasteiger charge is -2.01. The molecule has 0 saturated carbocycles. The van der Waals surface area contributed by atoms with Crippen molar-refractivity contribution in [1.29, 1.82) is 0 Å². The zero-order chi connectivity index (χ0) is 17.4. The van der Waals surface area contributed by atoms with Gasteiger partial charge in [0.05, 0.1) is 7.11 Å². The highest BCUT2D eigenvalue weighted by Gasteiger charge is 2.15. The average Bonchev–Trinajstić information content (AvgIpc) is 3.20. The smallest absolute Gasteiger partial charge is 0.200 e. The van der Waals surface area contributed by atoms with Gasteiger partial charge in [-0.05, 0) is 36.8 Å². The first kappa shape index (κ1) is 15.2. The molecule has 3 heterocycles. The summed E-state index contributed by atoms with van der Waals surface area (Å²) in [6.45, 7) is 1.88. The molecule has 126 valence electrons. The van der Waals surface area contributed by atoms with Crippen molar-refractivity contribution in [3.63, 3.8) is 0 Å². The van der Waals surface area contributed by atoms with Gasteiger partial charge >= 0.3 is 0 Å². The van der Waals surface area contributed by atoms with Crippen LogP contribution in [0.15, 0.2) is 46.9 Å². The molecular weight excluding hydrogens is 318 g/mol. The molecule has 0 aliphatic heterocycles. The highest BCUT2D eigenvalue weighted by molar-refractivity contribution is 5.58. The highest BCUT2D eigenvalue weighted by Crippen LogP contribution is 2.22. The molecule has 3 aromatic heterocycles. The topological polar surface area (TPSA) is 91.5 Å². The molecule has 7 nitrogen and oxygen atoms in total. The summed E-state index contributed by atoms with van der Waals surface area (Å²) in [7, 11) is 1.65. The van der Waals surface area contributed by atoms with Gasteiger partial charge in [-0.3, -0.25) is 0 Å². The van der Waals surface area contributed by atoms with E-state index in [1.807, 2.05) is 43.3 Å². The SMILES string of the molecule is COc1ccc(Cc2nc3cc(N)nc(-c4ccc(C)o4)n3n2)cc1. The minimum Gasteiger partial charge on any atom is -0.497 e. The second kappa shape index (κ2) is 5.94. The minimum absolute atomic E-state index is 0.375. The van der Waals surface area contributed by atoms with E-state index in [2.05, 4.69) is 15.1 Å². The fraction of sp³-hybridized carbons (Fsp3) is 0.167. The monoisotopic (exact) mass is 335 g/mol. The Labute approximate surface area is 144 Å². The van der Waals surface area contributed by atoms with Gasteiger partial charge in [-0.2, -0.15) is 4.52 Å². The van der Waals surface area contributed by atoms with Crippen molar-refractivity contribution in [3.8, 4) is 17.3 Å². The molecule has 0 radical (unpaired) electrons. The lowest BCUT2D eigenvalue weighted by Crippen LogP contribution is -2.01. The van der Waals surface area contributed by atoms with Crippen molar-refractivity contribution in [1.82, 2.24) is 19.6 Å². The van der Waals surface area contributed by atoms with Crippen LogP contribution < -0.4 is 10.5 Å². The number of ether oxygens (including phenoxy) is 1. The van der Waals surface area contributed by atoms with E-state index in [-0.39, 0.29) is 0 Å². The van der Waals surface area contributed by atoms with Gasteiger partial charge in [-0.1, -0.05) is 12.1 Å².